The number of halogens is 2. The fraction of sp³-hybridized carbons (Fsp3) is 0.182. The summed E-state index contributed by atoms with van der Waals surface area (Å²) in [6, 6.07) is 5.60. The van der Waals surface area contributed by atoms with Crippen LogP contribution < -0.4 is 0 Å². The van der Waals surface area contributed by atoms with Crippen molar-refractivity contribution in [2.75, 3.05) is 0 Å². The Balaban J connectivity index is 2.66. The quantitative estimate of drug-likeness (QED) is 0.896. The summed E-state index contributed by atoms with van der Waals surface area (Å²) in [5, 5.41) is 13.0. The second kappa shape index (κ2) is 5.19. The summed E-state index contributed by atoms with van der Waals surface area (Å²) in [6.45, 7) is 1.90. The van der Waals surface area contributed by atoms with E-state index < -0.39 is 5.97 Å². The van der Waals surface area contributed by atoms with Gasteiger partial charge in [-0.3, -0.25) is 0 Å². The molecule has 0 unspecified atom stereocenters. The number of hydrogen-bond acceptors (Lipinski definition) is 3. The van der Waals surface area contributed by atoms with Gasteiger partial charge in [0, 0.05) is 15.4 Å². The number of hydrogen-bond donors (Lipinski definition) is 1. The van der Waals surface area contributed by atoms with E-state index in [2.05, 4.69) is 41.9 Å². The molecule has 0 fully saturated rings. The first-order valence-electron chi connectivity index (χ1n) is 5.18. The lowest BCUT2D eigenvalue weighted by molar-refractivity contribution is 0.0683. The number of carbonyl (C=O) groups is 1. The Morgan fingerprint density at radius 1 is 1.39 bits per heavy atom. The summed E-state index contributed by atoms with van der Waals surface area (Å²) in [4.78, 5) is 14.9. The Morgan fingerprint density at radius 3 is 2.50 bits per heavy atom. The molecule has 1 heterocycles. The molecule has 18 heavy (non-hydrogen) atoms. The van der Waals surface area contributed by atoms with Crippen LogP contribution in [0.1, 0.15) is 23.4 Å². The van der Waals surface area contributed by atoms with Gasteiger partial charge in [0.15, 0.2) is 0 Å². The van der Waals surface area contributed by atoms with Crippen LogP contribution in [0.15, 0.2) is 27.1 Å². The Kier molecular flexibility index (Phi) is 3.82. The van der Waals surface area contributed by atoms with Crippen molar-refractivity contribution in [3.8, 4) is 5.69 Å². The first kappa shape index (κ1) is 13.2. The van der Waals surface area contributed by atoms with Crippen LogP contribution in [-0.2, 0) is 6.42 Å². The summed E-state index contributed by atoms with van der Waals surface area (Å²) >= 11 is 6.85. The number of aromatic carboxylic acids is 1. The molecule has 0 aliphatic carbocycles. The minimum atomic E-state index is -1.13. The van der Waals surface area contributed by atoms with Gasteiger partial charge in [-0.05, 0) is 44.0 Å². The van der Waals surface area contributed by atoms with E-state index in [-0.39, 0.29) is 5.82 Å². The molecule has 0 saturated heterocycles. The fourth-order valence-electron chi connectivity index (χ4n) is 1.53. The Morgan fingerprint density at radius 2 is 2.00 bits per heavy atom. The van der Waals surface area contributed by atoms with Crippen LogP contribution in [0, 0.1) is 0 Å². The highest BCUT2D eigenvalue weighted by atomic mass is 79.9. The second-order valence-electron chi connectivity index (χ2n) is 3.49. The fourth-order valence-corrected chi connectivity index (χ4v) is 2.87. The molecule has 94 valence electrons. The summed E-state index contributed by atoms with van der Waals surface area (Å²) in [6.07, 6.45) is 0.591. The van der Waals surface area contributed by atoms with Crippen molar-refractivity contribution in [2.45, 2.75) is 13.3 Å². The molecule has 0 spiro atoms. The molecular weight excluding hydrogens is 366 g/mol. The van der Waals surface area contributed by atoms with Gasteiger partial charge < -0.3 is 5.11 Å². The molecule has 0 aliphatic rings. The van der Waals surface area contributed by atoms with E-state index in [0.717, 1.165) is 14.6 Å². The zero-order valence-electron chi connectivity index (χ0n) is 9.39. The smallest absolute Gasteiger partial charge is 0.375 e. The molecule has 0 radical (unpaired) electrons. The van der Waals surface area contributed by atoms with Gasteiger partial charge in [-0.15, -0.1) is 5.10 Å². The van der Waals surface area contributed by atoms with Crippen molar-refractivity contribution in [3.63, 3.8) is 0 Å². The molecule has 1 aromatic heterocycles. The van der Waals surface area contributed by atoms with E-state index in [4.69, 9.17) is 5.11 Å². The van der Waals surface area contributed by atoms with Gasteiger partial charge in [0.05, 0.1) is 5.69 Å². The van der Waals surface area contributed by atoms with Gasteiger partial charge in [0.25, 0.3) is 5.82 Å². The van der Waals surface area contributed by atoms with E-state index in [1.54, 1.807) is 0 Å². The Labute approximate surface area is 120 Å². The predicted octanol–water partition coefficient (Wildman–Crippen LogP) is 3.05. The molecule has 1 aromatic carbocycles. The highest BCUT2D eigenvalue weighted by Gasteiger charge is 2.18. The van der Waals surface area contributed by atoms with E-state index >= 15 is 0 Å². The lowest BCUT2D eigenvalue weighted by Gasteiger charge is -2.08. The van der Waals surface area contributed by atoms with Crippen LogP contribution in [-0.4, -0.2) is 25.8 Å². The lowest BCUT2D eigenvalue weighted by atomic mass is 10.3. The molecule has 5 nitrogen and oxygen atoms in total. The molecule has 0 atom stereocenters. The first-order valence-corrected chi connectivity index (χ1v) is 6.76. The van der Waals surface area contributed by atoms with E-state index in [0.29, 0.717) is 12.2 Å². The van der Waals surface area contributed by atoms with Crippen molar-refractivity contribution >= 4 is 37.8 Å². The van der Waals surface area contributed by atoms with E-state index in [1.807, 2.05) is 25.1 Å². The molecule has 7 heteroatoms. The lowest BCUT2D eigenvalue weighted by Crippen LogP contribution is -2.05. The van der Waals surface area contributed by atoms with E-state index in [9.17, 15) is 4.79 Å². The molecule has 2 aromatic rings. The molecular formula is C11H9Br2N3O2. The third kappa shape index (κ3) is 2.32. The SMILES string of the molecule is CCc1nc(C(=O)O)nn1-c1c(Br)cccc1Br. The normalized spacial score (nSPS) is 10.6. The number of carboxylic acid groups (broad SMARTS) is 1. The van der Waals surface area contributed by atoms with Crippen molar-refractivity contribution in [2.24, 2.45) is 0 Å². The monoisotopic (exact) mass is 373 g/mol. The average Bonchev–Trinajstić information content (AvgIpc) is 2.73. The number of rotatable bonds is 3. The summed E-state index contributed by atoms with van der Waals surface area (Å²) in [7, 11) is 0. The first-order chi connectivity index (χ1) is 8.54. The molecule has 0 amide bonds. The maximum absolute atomic E-state index is 10.9. The van der Waals surface area contributed by atoms with Crippen molar-refractivity contribution in [1.29, 1.82) is 0 Å². The molecule has 0 aliphatic heterocycles. The number of benzene rings is 1. The molecule has 2 rings (SSSR count). The molecule has 0 bridgehead atoms. The third-order valence-corrected chi connectivity index (χ3v) is 3.61. The standard InChI is InChI=1S/C11H9Br2N3O2/c1-2-8-14-10(11(17)18)15-16(8)9-6(12)4-3-5-7(9)13/h3-5H,2H2,1H3,(H,17,18). The average molecular weight is 375 g/mol. The van der Waals surface area contributed by atoms with Crippen LogP contribution in [0.2, 0.25) is 0 Å². The van der Waals surface area contributed by atoms with Crippen LogP contribution in [0.3, 0.4) is 0 Å². The number of aromatic nitrogens is 3. The van der Waals surface area contributed by atoms with Crippen LogP contribution in [0.25, 0.3) is 5.69 Å². The van der Waals surface area contributed by atoms with Crippen LogP contribution in [0.4, 0.5) is 0 Å². The minimum absolute atomic E-state index is 0.200. The van der Waals surface area contributed by atoms with Crippen LogP contribution in [0.5, 0.6) is 0 Å². The zero-order valence-corrected chi connectivity index (χ0v) is 12.6. The van der Waals surface area contributed by atoms with Gasteiger partial charge in [0.1, 0.15) is 5.82 Å². The summed E-state index contributed by atoms with van der Waals surface area (Å²) in [5.41, 5.74) is 0.745. The van der Waals surface area contributed by atoms with Crippen LogP contribution >= 0.6 is 31.9 Å². The topological polar surface area (TPSA) is 68.0 Å². The zero-order chi connectivity index (χ0) is 13.3. The van der Waals surface area contributed by atoms with Gasteiger partial charge in [-0.1, -0.05) is 13.0 Å². The second-order valence-corrected chi connectivity index (χ2v) is 5.20. The Hall–Kier alpha value is -1.21. The largest absolute Gasteiger partial charge is 0.475 e. The van der Waals surface area contributed by atoms with E-state index in [1.165, 1.54) is 4.68 Å². The highest BCUT2D eigenvalue weighted by molar-refractivity contribution is 9.11. The summed E-state index contributed by atoms with van der Waals surface area (Å²) in [5.74, 6) is -0.735. The van der Waals surface area contributed by atoms with Crippen molar-refractivity contribution < 1.29 is 9.90 Å². The van der Waals surface area contributed by atoms with Gasteiger partial charge in [-0.2, -0.15) is 0 Å². The third-order valence-electron chi connectivity index (χ3n) is 2.33. The molecule has 0 saturated carbocycles. The minimum Gasteiger partial charge on any atom is -0.475 e. The number of nitrogens with zero attached hydrogens (tertiary/aromatic N) is 3. The number of carboxylic acids is 1. The maximum atomic E-state index is 10.9. The van der Waals surface area contributed by atoms with Crippen molar-refractivity contribution in [1.82, 2.24) is 14.8 Å². The Bertz CT molecular complexity index is 590. The number of para-hydroxylation sites is 1. The molecule has 1 N–H and O–H groups in total. The van der Waals surface area contributed by atoms with Gasteiger partial charge >= 0.3 is 5.97 Å². The maximum Gasteiger partial charge on any atom is 0.375 e. The van der Waals surface area contributed by atoms with Gasteiger partial charge in [-0.25, -0.2) is 14.5 Å². The van der Waals surface area contributed by atoms with Crippen molar-refractivity contribution in [3.05, 3.63) is 38.8 Å². The highest BCUT2D eigenvalue weighted by Crippen LogP contribution is 2.29. The van der Waals surface area contributed by atoms with Gasteiger partial charge in [0.2, 0.25) is 0 Å². The predicted molar refractivity (Wildman–Crippen MR) is 73.1 cm³/mol. The number of aryl methyl sites for hydroxylation is 1. The summed E-state index contributed by atoms with van der Waals surface area (Å²) < 4.78 is 3.17.